The van der Waals surface area contributed by atoms with Crippen molar-refractivity contribution in [1.82, 2.24) is 14.8 Å². The van der Waals surface area contributed by atoms with Crippen molar-refractivity contribution in [3.8, 4) is 5.75 Å². The second-order valence-electron chi connectivity index (χ2n) is 9.09. The summed E-state index contributed by atoms with van der Waals surface area (Å²) >= 11 is 0. The number of aliphatic hydroxyl groups is 1. The number of nitrogens with zero attached hydrogens (tertiary/aromatic N) is 2. The van der Waals surface area contributed by atoms with E-state index in [-0.39, 0.29) is 31.8 Å². The summed E-state index contributed by atoms with van der Waals surface area (Å²) in [4.78, 5) is 27.3. The van der Waals surface area contributed by atoms with Crippen LogP contribution in [0.1, 0.15) is 30.6 Å². The molecule has 1 unspecified atom stereocenters. The average molecular weight is 533 g/mol. The number of halogens is 1. The van der Waals surface area contributed by atoms with E-state index in [1.807, 2.05) is 30.3 Å². The van der Waals surface area contributed by atoms with Crippen molar-refractivity contribution in [3.05, 3.63) is 65.9 Å². The summed E-state index contributed by atoms with van der Waals surface area (Å²) in [6, 6.07) is 13.1. The lowest BCUT2D eigenvalue weighted by atomic mass is 10.1. The Morgan fingerprint density at radius 2 is 1.97 bits per heavy atom. The van der Waals surface area contributed by atoms with Gasteiger partial charge in [-0.05, 0) is 30.7 Å². The van der Waals surface area contributed by atoms with E-state index in [0.29, 0.717) is 16.5 Å². The first kappa shape index (κ1) is 26.6. The largest absolute Gasteiger partial charge is 0.476 e. The Kier molecular flexibility index (Phi) is 7.81. The number of rotatable bonds is 9. The lowest BCUT2D eigenvalue weighted by Gasteiger charge is -2.24. The number of nitrogens with two attached hydrogens (primary N) is 1. The first-order valence-electron chi connectivity index (χ1n) is 11.7. The number of hydrogen-bond acceptors (Lipinski definition) is 6. The molecular formula is C25H29FN4O6S. The number of carbonyl (C=O) groups excluding carboxylic acids is 2. The Morgan fingerprint density at radius 3 is 2.65 bits per heavy atom. The maximum Gasteiger partial charge on any atom is 0.244 e. The molecule has 0 radical (unpaired) electrons. The lowest BCUT2D eigenvalue weighted by molar-refractivity contribution is -0.139. The van der Waals surface area contributed by atoms with Gasteiger partial charge in [-0.25, -0.2) is 17.9 Å². The van der Waals surface area contributed by atoms with Crippen molar-refractivity contribution in [2.75, 3.05) is 12.5 Å². The van der Waals surface area contributed by atoms with Crippen LogP contribution in [0, 0.1) is 0 Å². The predicted molar refractivity (Wildman–Crippen MR) is 134 cm³/mol. The molecule has 1 aliphatic heterocycles. The zero-order chi connectivity index (χ0) is 26.7. The Morgan fingerprint density at radius 1 is 1.24 bits per heavy atom. The molecule has 3 atom stereocenters. The number of fused-ring (bicyclic) bond motifs is 1. The van der Waals surface area contributed by atoms with Crippen molar-refractivity contribution >= 4 is 32.7 Å². The molecule has 2 aromatic carbocycles. The van der Waals surface area contributed by atoms with Crippen LogP contribution in [0.15, 0.2) is 54.7 Å². The molecule has 3 aromatic rings. The number of amides is 2. The highest BCUT2D eigenvalue weighted by Crippen LogP contribution is 2.31. The summed E-state index contributed by atoms with van der Waals surface area (Å²) in [5.74, 6) is -1.35. The third-order valence-corrected chi connectivity index (χ3v) is 6.66. The average Bonchev–Trinajstić information content (AvgIpc) is 3.42. The van der Waals surface area contributed by atoms with Crippen molar-refractivity contribution < 1.29 is 32.2 Å². The molecule has 1 fully saturated rings. The summed E-state index contributed by atoms with van der Waals surface area (Å²) in [7, 11) is -3.85. The maximum absolute atomic E-state index is 14.3. The van der Waals surface area contributed by atoms with Crippen LogP contribution in [0.3, 0.4) is 0 Å². The molecular weight excluding hydrogens is 503 g/mol. The number of nitrogens with one attached hydrogen (secondary N) is 1. The predicted octanol–water partition coefficient (Wildman–Crippen LogP) is 1.57. The standard InChI is InChI=1S/C25H29FN4O6S/c1-16(31)21-13-29(22-8-7-19(10-20(21)22)36-15-37(27,34)35)14-24(32)30-12-18(26)9-23(30)25(33)28-11-17-5-3-2-4-6-17/h2-8,10,13,16,18,23,31H,9,11-12,14-15H2,1H3,(H,28,33)(H2,27,34,35)/t16?,18-,23+/m1/s1. The highest BCUT2D eigenvalue weighted by atomic mass is 32.2. The number of alkyl halides is 1. The molecule has 37 heavy (non-hydrogen) atoms. The van der Waals surface area contributed by atoms with Gasteiger partial charge in [0.1, 0.15) is 24.5 Å². The van der Waals surface area contributed by atoms with E-state index >= 15 is 0 Å². The Hall–Kier alpha value is -3.48. The van der Waals surface area contributed by atoms with Gasteiger partial charge in [-0.2, -0.15) is 0 Å². The molecule has 1 aromatic heterocycles. The zero-order valence-corrected chi connectivity index (χ0v) is 21.0. The minimum absolute atomic E-state index is 0.0809. The minimum Gasteiger partial charge on any atom is -0.476 e. The summed E-state index contributed by atoms with van der Waals surface area (Å²) < 4.78 is 43.6. The lowest BCUT2D eigenvalue weighted by Crippen LogP contribution is -2.46. The highest BCUT2D eigenvalue weighted by molar-refractivity contribution is 7.88. The molecule has 4 rings (SSSR count). The van der Waals surface area contributed by atoms with Gasteiger partial charge in [0.15, 0.2) is 0 Å². The summed E-state index contributed by atoms with van der Waals surface area (Å²) in [5.41, 5.74) is 1.96. The first-order valence-corrected chi connectivity index (χ1v) is 13.4. The van der Waals surface area contributed by atoms with E-state index in [4.69, 9.17) is 9.88 Å². The van der Waals surface area contributed by atoms with Gasteiger partial charge in [0, 0.05) is 35.6 Å². The highest BCUT2D eigenvalue weighted by Gasteiger charge is 2.39. The molecule has 12 heteroatoms. The van der Waals surface area contributed by atoms with Gasteiger partial charge in [0.05, 0.1) is 12.6 Å². The van der Waals surface area contributed by atoms with Gasteiger partial charge in [-0.3, -0.25) is 9.59 Å². The van der Waals surface area contributed by atoms with E-state index in [9.17, 15) is 27.5 Å². The fourth-order valence-corrected chi connectivity index (χ4v) is 4.76. The second-order valence-corrected chi connectivity index (χ2v) is 10.7. The SMILES string of the molecule is CC(O)c1cn(CC(=O)N2C[C@H](F)C[C@H]2C(=O)NCc2ccccc2)c2ccc(OCS(N)(=O)=O)cc12. The molecule has 10 nitrogen and oxygen atoms in total. The number of likely N-dealkylation sites (tertiary alicyclic amines) is 1. The Balaban J connectivity index is 1.52. The normalized spacial score (nSPS) is 18.6. The number of aliphatic hydroxyl groups excluding tert-OH is 1. The molecule has 0 saturated carbocycles. The molecule has 0 spiro atoms. The van der Waals surface area contributed by atoms with E-state index in [0.717, 1.165) is 5.56 Å². The van der Waals surface area contributed by atoms with Crippen molar-refractivity contribution in [1.29, 1.82) is 0 Å². The van der Waals surface area contributed by atoms with Gasteiger partial charge in [-0.15, -0.1) is 0 Å². The molecule has 0 aliphatic carbocycles. The molecule has 1 saturated heterocycles. The minimum atomic E-state index is -3.85. The van der Waals surface area contributed by atoms with E-state index in [2.05, 4.69) is 5.32 Å². The fraction of sp³-hybridized carbons (Fsp3) is 0.360. The first-order chi connectivity index (χ1) is 17.5. The van der Waals surface area contributed by atoms with Gasteiger partial charge in [-0.1, -0.05) is 30.3 Å². The van der Waals surface area contributed by atoms with Crippen LogP contribution < -0.4 is 15.2 Å². The topological polar surface area (TPSA) is 144 Å². The third-order valence-electron chi connectivity index (χ3n) is 6.21. The maximum atomic E-state index is 14.3. The molecule has 1 aliphatic rings. The van der Waals surface area contributed by atoms with Crippen LogP contribution in [0.4, 0.5) is 4.39 Å². The molecule has 2 amide bonds. The van der Waals surface area contributed by atoms with Crippen molar-refractivity contribution in [3.63, 3.8) is 0 Å². The van der Waals surface area contributed by atoms with Crippen LogP contribution >= 0.6 is 0 Å². The fourth-order valence-electron chi connectivity index (χ4n) is 4.46. The number of hydrogen-bond donors (Lipinski definition) is 3. The second kappa shape index (κ2) is 10.9. The number of benzene rings is 2. The van der Waals surface area contributed by atoms with E-state index < -0.39 is 46.1 Å². The molecule has 4 N–H and O–H groups in total. The number of carbonyl (C=O) groups is 2. The summed E-state index contributed by atoms with van der Waals surface area (Å²) in [6.07, 6.45) is -0.692. The molecule has 2 heterocycles. The summed E-state index contributed by atoms with van der Waals surface area (Å²) in [5, 5.41) is 18.6. The Labute approximate surface area is 213 Å². The van der Waals surface area contributed by atoms with E-state index in [1.54, 1.807) is 29.8 Å². The van der Waals surface area contributed by atoms with E-state index in [1.165, 1.54) is 11.0 Å². The van der Waals surface area contributed by atoms with Crippen LogP contribution in [0.2, 0.25) is 0 Å². The van der Waals surface area contributed by atoms with Crippen molar-refractivity contribution in [2.24, 2.45) is 5.14 Å². The van der Waals surface area contributed by atoms with Crippen LogP contribution in [-0.2, 0) is 32.7 Å². The quantitative estimate of drug-likeness (QED) is 0.382. The third kappa shape index (κ3) is 6.45. The Bertz CT molecular complexity index is 1390. The monoisotopic (exact) mass is 532 g/mol. The molecule has 0 bridgehead atoms. The number of primary sulfonamides is 1. The molecule has 198 valence electrons. The number of aromatic nitrogens is 1. The number of sulfonamides is 1. The van der Waals surface area contributed by atoms with Crippen LogP contribution in [0.5, 0.6) is 5.75 Å². The van der Waals surface area contributed by atoms with Crippen LogP contribution in [-0.4, -0.2) is 59.5 Å². The summed E-state index contributed by atoms with van der Waals surface area (Å²) in [6.45, 7) is 1.46. The smallest absolute Gasteiger partial charge is 0.244 e. The zero-order valence-electron chi connectivity index (χ0n) is 20.2. The number of ether oxygens (including phenoxy) is 1. The van der Waals surface area contributed by atoms with Gasteiger partial charge in [0.25, 0.3) is 0 Å². The van der Waals surface area contributed by atoms with Gasteiger partial charge >= 0.3 is 0 Å². The van der Waals surface area contributed by atoms with Gasteiger partial charge < -0.3 is 24.6 Å². The van der Waals surface area contributed by atoms with Crippen molar-refractivity contribution in [2.45, 2.75) is 44.8 Å². The van der Waals surface area contributed by atoms with Crippen LogP contribution in [0.25, 0.3) is 10.9 Å². The van der Waals surface area contributed by atoms with Gasteiger partial charge in [0.2, 0.25) is 27.8 Å².